The summed E-state index contributed by atoms with van der Waals surface area (Å²) >= 11 is 1.41. The van der Waals surface area contributed by atoms with Crippen LogP contribution in [-0.4, -0.2) is 69.5 Å². The Labute approximate surface area is 197 Å². The molecule has 9 heteroatoms. The molecule has 0 aliphatic carbocycles. The van der Waals surface area contributed by atoms with Crippen molar-refractivity contribution in [2.24, 2.45) is 5.41 Å². The third kappa shape index (κ3) is 4.83. The SMILES string of the molecule is CC(C)(C)CC(NC(=O)c1ccsc1)C(=O)N1CCC2C1C(=O)CN2C(=O)c1ccccn1. The fourth-order valence-corrected chi connectivity index (χ4v) is 5.26. The molecule has 174 valence electrons. The lowest BCUT2D eigenvalue weighted by Gasteiger charge is -2.31. The third-order valence-corrected chi connectivity index (χ3v) is 6.74. The molecule has 0 bridgehead atoms. The summed E-state index contributed by atoms with van der Waals surface area (Å²) in [6.07, 6.45) is 2.49. The first-order valence-corrected chi connectivity index (χ1v) is 12.0. The second-order valence-electron chi connectivity index (χ2n) is 9.75. The van der Waals surface area contributed by atoms with Gasteiger partial charge >= 0.3 is 0 Å². The van der Waals surface area contributed by atoms with Crippen molar-refractivity contribution < 1.29 is 19.2 Å². The number of pyridine rings is 1. The Balaban J connectivity index is 1.53. The van der Waals surface area contributed by atoms with Gasteiger partial charge in [0.2, 0.25) is 5.91 Å². The molecule has 3 unspecified atom stereocenters. The Morgan fingerprint density at radius 2 is 2.00 bits per heavy atom. The smallest absolute Gasteiger partial charge is 0.273 e. The van der Waals surface area contributed by atoms with Crippen LogP contribution in [0.2, 0.25) is 0 Å². The first kappa shape index (κ1) is 23.1. The molecule has 2 aliphatic heterocycles. The molecule has 4 rings (SSSR count). The van der Waals surface area contributed by atoms with Gasteiger partial charge in [-0.05, 0) is 41.8 Å². The van der Waals surface area contributed by atoms with Crippen LogP contribution in [0.3, 0.4) is 0 Å². The molecule has 0 radical (unpaired) electrons. The summed E-state index contributed by atoms with van der Waals surface area (Å²) in [7, 11) is 0. The molecule has 2 saturated heterocycles. The minimum Gasteiger partial charge on any atom is -0.340 e. The lowest BCUT2D eigenvalue weighted by molar-refractivity contribution is -0.138. The number of fused-ring (bicyclic) bond motifs is 1. The molecule has 2 aromatic rings. The fraction of sp³-hybridized carbons (Fsp3) is 0.458. The highest BCUT2D eigenvalue weighted by molar-refractivity contribution is 7.08. The number of nitrogens with one attached hydrogen (secondary N) is 1. The van der Waals surface area contributed by atoms with Gasteiger partial charge in [-0.2, -0.15) is 11.3 Å². The molecule has 4 heterocycles. The van der Waals surface area contributed by atoms with Gasteiger partial charge in [0.15, 0.2) is 5.78 Å². The predicted octanol–water partition coefficient (Wildman–Crippen LogP) is 2.37. The van der Waals surface area contributed by atoms with E-state index in [1.54, 1.807) is 40.7 Å². The highest BCUT2D eigenvalue weighted by Crippen LogP contribution is 2.32. The lowest BCUT2D eigenvalue weighted by Crippen LogP contribution is -2.53. The van der Waals surface area contributed by atoms with Crippen LogP contribution in [-0.2, 0) is 9.59 Å². The third-order valence-electron chi connectivity index (χ3n) is 6.05. The number of carbonyl (C=O) groups excluding carboxylic acids is 4. The number of ketones is 1. The molecule has 2 aliphatic rings. The van der Waals surface area contributed by atoms with E-state index in [9.17, 15) is 19.2 Å². The highest BCUT2D eigenvalue weighted by atomic mass is 32.1. The maximum atomic E-state index is 13.6. The van der Waals surface area contributed by atoms with Gasteiger partial charge in [-0.1, -0.05) is 26.8 Å². The summed E-state index contributed by atoms with van der Waals surface area (Å²) in [5.74, 6) is -1.04. The molecule has 2 fully saturated rings. The molecule has 0 saturated carbocycles. The van der Waals surface area contributed by atoms with Crippen molar-refractivity contribution in [1.82, 2.24) is 20.1 Å². The van der Waals surface area contributed by atoms with E-state index in [1.165, 1.54) is 16.2 Å². The van der Waals surface area contributed by atoms with Crippen LogP contribution < -0.4 is 5.32 Å². The zero-order chi connectivity index (χ0) is 23.8. The van der Waals surface area contributed by atoms with E-state index >= 15 is 0 Å². The Hall–Kier alpha value is -3.07. The fourth-order valence-electron chi connectivity index (χ4n) is 4.62. The van der Waals surface area contributed by atoms with Crippen LogP contribution >= 0.6 is 11.3 Å². The monoisotopic (exact) mass is 468 g/mol. The van der Waals surface area contributed by atoms with Gasteiger partial charge in [0.05, 0.1) is 18.2 Å². The van der Waals surface area contributed by atoms with Crippen LogP contribution in [0, 0.1) is 5.41 Å². The number of hydrogen-bond acceptors (Lipinski definition) is 6. The molecule has 0 aromatic carbocycles. The van der Waals surface area contributed by atoms with Crippen molar-refractivity contribution in [3.63, 3.8) is 0 Å². The molecule has 8 nitrogen and oxygen atoms in total. The molecule has 1 N–H and O–H groups in total. The van der Waals surface area contributed by atoms with Gasteiger partial charge in [0, 0.05) is 18.1 Å². The van der Waals surface area contributed by atoms with Crippen molar-refractivity contribution in [2.45, 2.75) is 51.7 Å². The van der Waals surface area contributed by atoms with Crippen molar-refractivity contribution in [3.8, 4) is 0 Å². The number of carbonyl (C=O) groups is 4. The normalized spacial score (nSPS) is 21.1. The molecule has 3 atom stereocenters. The first-order chi connectivity index (χ1) is 15.7. The topological polar surface area (TPSA) is 99.7 Å². The summed E-state index contributed by atoms with van der Waals surface area (Å²) in [5.41, 5.74) is 0.571. The maximum Gasteiger partial charge on any atom is 0.273 e. The van der Waals surface area contributed by atoms with Crippen molar-refractivity contribution in [3.05, 3.63) is 52.5 Å². The number of hydrogen-bond donors (Lipinski definition) is 1. The van der Waals surface area contributed by atoms with Crippen LogP contribution in [0.1, 0.15) is 54.5 Å². The van der Waals surface area contributed by atoms with Crippen LogP contribution in [0.15, 0.2) is 41.2 Å². The number of Topliss-reactive ketones (excluding diaryl/α,β-unsaturated/α-hetero) is 1. The Morgan fingerprint density at radius 3 is 2.64 bits per heavy atom. The Morgan fingerprint density at radius 1 is 1.21 bits per heavy atom. The standard InChI is InChI=1S/C24H28N4O4S/c1-24(2,3)12-17(26-21(30)15-8-11-33-14-15)23(32)27-10-7-18-20(27)19(29)13-28(18)22(31)16-6-4-5-9-25-16/h4-6,8-9,11,14,17-18,20H,7,10,12-13H2,1-3H3,(H,26,30). The van der Waals surface area contributed by atoms with E-state index in [0.29, 0.717) is 24.9 Å². The van der Waals surface area contributed by atoms with Gasteiger partial charge in [0.1, 0.15) is 17.8 Å². The molecular weight excluding hydrogens is 440 g/mol. The van der Waals surface area contributed by atoms with Crippen LogP contribution in [0.25, 0.3) is 0 Å². The summed E-state index contributed by atoms with van der Waals surface area (Å²) in [6.45, 7) is 6.33. The van der Waals surface area contributed by atoms with Crippen molar-refractivity contribution in [2.75, 3.05) is 13.1 Å². The molecule has 2 aromatic heterocycles. The number of nitrogens with zero attached hydrogens (tertiary/aromatic N) is 3. The molecule has 33 heavy (non-hydrogen) atoms. The minimum atomic E-state index is -0.760. The van der Waals surface area contributed by atoms with Gasteiger partial charge in [-0.25, -0.2) is 0 Å². The molecular formula is C24H28N4O4S. The van der Waals surface area contributed by atoms with E-state index < -0.39 is 12.1 Å². The van der Waals surface area contributed by atoms with E-state index in [-0.39, 0.29) is 47.2 Å². The zero-order valence-electron chi connectivity index (χ0n) is 19.0. The van der Waals surface area contributed by atoms with Crippen LogP contribution in [0.4, 0.5) is 0 Å². The number of likely N-dealkylation sites (tertiary alicyclic amines) is 2. The van der Waals surface area contributed by atoms with E-state index in [2.05, 4.69) is 10.3 Å². The minimum absolute atomic E-state index is 0.0419. The Kier molecular flexibility index (Phi) is 6.34. The van der Waals surface area contributed by atoms with Gasteiger partial charge < -0.3 is 15.1 Å². The predicted molar refractivity (Wildman–Crippen MR) is 124 cm³/mol. The van der Waals surface area contributed by atoms with E-state index in [0.717, 1.165) is 0 Å². The first-order valence-electron chi connectivity index (χ1n) is 11.0. The molecule has 3 amide bonds. The highest BCUT2D eigenvalue weighted by Gasteiger charge is 2.52. The van der Waals surface area contributed by atoms with Gasteiger partial charge in [0.25, 0.3) is 11.8 Å². The average molecular weight is 469 g/mol. The summed E-state index contributed by atoms with van der Waals surface area (Å²) in [4.78, 5) is 59.4. The largest absolute Gasteiger partial charge is 0.340 e. The van der Waals surface area contributed by atoms with Crippen molar-refractivity contribution in [1.29, 1.82) is 0 Å². The second-order valence-corrected chi connectivity index (χ2v) is 10.5. The number of rotatable bonds is 5. The van der Waals surface area contributed by atoms with Gasteiger partial charge in [-0.3, -0.25) is 24.2 Å². The average Bonchev–Trinajstić information content (AvgIpc) is 3.51. The number of aromatic nitrogens is 1. The summed E-state index contributed by atoms with van der Waals surface area (Å²) < 4.78 is 0. The number of amides is 3. The quantitative estimate of drug-likeness (QED) is 0.726. The van der Waals surface area contributed by atoms with E-state index in [4.69, 9.17) is 0 Å². The Bertz CT molecular complexity index is 1050. The second kappa shape index (κ2) is 9.05. The maximum absolute atomic E-state index is 13.6. The van der Waals surface area contributed by atoms with Gasteiger partial charge in [-0.15, -0.1) is 0 Å². The number of thiophene rings is 1. The molecule has 0 spiro atoms. The summed E-state index contributed by atoms with van der Waals surface area (Å²) in [6, 6.07) is 4.97. The lowest BCUT2D eigenvalue weighted by atomic mass is 9.87. The van der Waals surface area contributed by atoms with Crippen molar-refractivity contribution >= 4 is 34.8 Å². The zero-order valence-corrected chi connectivity index (χ0v) is 19.8. The van der Waals surface area contributed by atoms with E-state index in [1.807, 2.05) is 26.2 Å². The van der Waals surface area contributed by atoms with Crippen LogP contribution in [0.5, 0.6) is 0 Å². The summed E-state index contributed by atoms with van der Waals surface area (Å²) in [5, 5.41) is 6.43.